The highest BCUT2D eigenvalue weighted by atomic mass is 16.5. The number of hydrogen-bond acceptors (Lipinski definition) is 3. The number of nitrogens with one attached hydrogen (secondary N) is 1. The largest absolute Gasteiger partial charge is 0.491 e. The lowest BCUT2D eigenvalue weighted by Crippen LogP contribution is -2.05. The summed E-state index contributed by atoms with van der Waals surface area (Å²) in [6.45, 7) is 8.00. The minimum Gasteiger partial charge on any atom is -0.491 e. The molecule has 3 nitrogen and oxygen atoms in total. The van der Waals surface area contributed by atoms with Crippen molar-refractivity contribution in [3.05, 3.63) is 18.3 Å². The summed E-state index contributed by atoms with van der Waals surface area (Å²) in [6.07, 6.45) is 1.93. The SMILES string of the molecule is CC.CNc1cc(OC(C)C)ccn1. The van der Waals surface area contributed by atoms with Gasteiger partial charge in [-0.2, -0.15) is 0 Å². The van der Waals surface area contributed by atoms with Gasteiger partial charge in [-0.25, -0.2) is 4.98 Å². The molecule has 0 aromatic carbocycles. The highest BCUT2D eigenvalue weighted by Gasteiger charge is 1.97. The molecule has 0 amide bonds. The van der Waals surface area contributed by atoms with Crippen molar-refractivity contribution in [3.8, 4) is 5.75 Å². The Balaban J connectivity index is 0.000000791. The van der Waals surface area contributed by atoms with Crippen LogP contribution in [0.1, 0.15) is 27.7 Å². The zero-order valence-corrected chi connectivity index (χ0v) is 9.66. The average Bonchev–Trinajstić information content (AvgIpc) is 2.20. The van der Waals surface area contributed by atoms with Gasteiger partial charge in [0.15, 0.2) is 0 Å². The predicted octanol–water partition coefficient (Wildman–Crippen LogP) is 2.94. The molecule has 0 bridgehead atoms. The van der Waals surface area contributed by atoms with Gasteiger partial charge in [-0.3, -0.25) is 0 Å². The van der Waals surface area contributed by atoms with Crippen LogP contribution < -0.4 is 10.1 Å². The lowest BCUT2D eigenvalue weighted by atomic mass is 10.4. The van der Waals surface area contributed by atoms with E-state index in [1.165, 1.54) is 0 Å². The van der Waals surface area contributed by atoms with E-state index in [1.807, 2.05) is 46.9 Å². The van der Waals surface area contributed by atoms with Gasteiger partial charge < -0.3 is 10.1 Å². The van der Waals surface area contributed by atoms with Crippen molar-refractivity contribution < 1.29 is 4.74 Å². The van der Waals surface area contributed by atoms with E-state index in [4.69, 9.17) is 4.74 Å². The van der Waals surface area contributed by atoms with Crippen molar-refractivity contribution in [2.45, 2.75) is 33.8 Å². The summed E-state index contributed by atoms with van der Waals surface area (Å²) in [4.78, 5) is 4.07. The zero-order valence-electron chi connectivity index (χ0n) is 9.66. The first-order valence-corrected chi connectivity index (χ1v) is 5.03. The maximum Gasteiger partial charge on any atom is 0.129 e. The quantitative estimate of drug-likeness (QED) is 0.807. The maximum atomic E-state index is 5.48. The fraction of sp³-hybridized carbons (Fsp3) is 0.545. The Bertz CT molecular complexity index is 249. The topological polar surface area (TPSA) is 34.1 Å². The molecule has 1 heterocycles. The number of aromatic nitrogens is 1. The molecule has 80 valence electrons. The molecule has 0 saturated carbocycles. The van der Waals surface area contributed by atoms with Gasteiger partial charge in [-0.05, 0) is 19.9 Å². The number of anilines is 1. The Labute approximate surface area is 86.5 Å². The minimum atomic E-state index is 0.206. The minimum absolute atomic E-state index is 0.206. The van der Waals surface area contributed by atoms with Gasteiger partial charge in [0.1, 0.15) is 11.6 Å². The van der Waals surface area contributed by atoms with Gasteiger partial charge in [-0.1, -0.05) is 13.8 Å². The summed E-state index contributed by atoms with van der Waals surface area (Å²) < 4.78 is 5.48. The van der Waals surface area contributed by atoms with E-state index < -0.39 is 0 Å². The third-order valence-corrected chi connectivity index (χ3v) is 1.36. The third kappa shape index (κ3) is 4.70. The molecule has 0 radical (unpaired) electrons. The van der Waals surface area contributed by atoms with E-state index in [1.54, 1.807) is 6.20 Å². The smallest absolute Gasteiger partial charge is 0.129 e. The van der Waals surface area contributed by atoms with Gasteiger partial charge >= 0.3 is 0 Å². The summed E-state index contributed by atoms with van der Waals surface area (Å²) in [6, 6.07) is 3.72. The molecule has 1 rings (SSSR count). The summed E-state index contributed by atoms with van der Waals surface area (Å²) in [5, 5.41) is 2.95. The van der Waals surface area contributed by atoms with Crippen LogP contribution in [0, 0.1) is 0 Å². The van der Waals surface area contributed by atoms with Gasteiger partial charge in [0.05, 0.1) is 6.10 Å². The predicted molar refractivity (Wildman–Crippen MR) is 60.9 cm³/mol. The highest BCUT2D eigenvalue weighted by Crippen LogP contribution is 2.14. The van der Waals surface area contributed by atoms with Crippen molar-refractivity contribution in [1.29, 1.82) is 0 Å². The Hall–Kier alpha value is -1.25. The Morgan fingerprint density at radius 2 is 2.00 bits per heavy atom. The second-order valence-corrected chi connectivity index (χ2v) is 2.79. The van der Waals surface area contributed by atoms with Crippen LogP contribution in [0.25, 0.3) is 0 Å². The number of hydrogen-bond donors (Lipinski definition) is 1. The van der Waals surface area contributed by atoms with E-state index in [-0.39, 0.29) is 6.10 Å². The fourth-order valence-corrected chi connectivity index (χ4v) is 0.893. The molecule has 0 aliphatic rings. The monoisotopic (exact) mass is 196 g/mol. The molecular weight excluding hydrogens is 176 g/mol. The van der Waals surface area contributed by atoms with Crippen molar-refractivity contribution in [2.24, 2.45) is 0 Å². The van der Waals surface area contributed by atoms with Crippen LogP contribution in [-0.2, 0) is 0 Å². The molecular formula is C11H20N2O. The lowest BCUT2D eigenvalue weighted by Gasteiger charge is -2.09. The molecule has 1 N–H and O–H groups in total. The van der Waals surface area contributed by atoms with Crippen LogP contribution in [0.4, 0.5) is 5.82 Å². The average molecular weight is 196 g/mol. The molecule has 0 saturated heterocycles. The van der Waals surface area contributed by atoms with E-state index in [0.29, 0.717) is 0 Å². The molecule has 1 aromatic rings. The molecule has 0 fully saturated rings. The standard InChI is InChI=1S/C9H14N2O.C2H6/c1-7(2)12-8-4-5-11-9(6-8)10-3;1-2/h4-7H,1-3H3,(H,10,11);1-2H3. The molecule has 1 aromatic heterocycles. The Morgan fingerprint density at radius 3 is 2.50 bits per heavy atom. The van der Waals surface area contributed by atoms with Crippen molar-refractivity contribution >= 4 is 5.82 Å². The fourth-order valence-electron chi connectivity index (χ4n) is 0.893. The second-order valence-electron chi connectivity index (χ2n) is 2.79. The van der Waals surface area contributed by atoms with Crippen molar-refractivity contribution in [3.63, 3.8) is 0 Å². The van der Waals surface area contributed by atoms with Crippen molar-refractivity contribution in [2.75, 3.05) is 12.4 Å². The van der Waals surface area contributed by atoms with Gasteiger partial charge in [-0.15, -0.1) is 0 Å². The molecule has 14 heavy (non-hydrogen) atoms. The second kappa shape index (κ2) is 7.18. The molecule has 0 atom stereocenters. The summed E-state index contributed by atoms with van der Waals surface area (Å²) in [7, 11) is 1.83. The van der Waals surface area contributed by atoms with Gasteiger partial charge in [0.25, 0.3) is 0 Å². The molecule has 0 spiro atoms. The van der Waals surface area contributed by atoms with E-state index in [9.17, 15) is 0 Å². The van der Waals surface area contributed by atoms with Crippen LogP contribution in [-0.4, -0.2) is 18.1 Å². The summed E-state index contributed by atoms with van der Waals surface area (Å²) in [5.74, 6) is 1.68. The first-order chi connectivity index (χ1) is 6.72. The normalized spacial score (nSPS) is 9.00. The number of nitrogens with zero attached hydrogens (tertiary/aromatic N) is 1. The van der Waals surface area contributed by atoms with E-state index in [0.717, 1.165) is 11.6 Å². The maximum absolute atomic E-state index is 5.48. The zero-order chi connectivity index (χ0) is 11.0. The Kier molecular flexibility index (Phi) is 6.54. The molecule has 3 heteroatoms. The van der Waals surface area contributed by atoms with Crippen LogP contribution in [0.15, 0.2) is 18.3 Å². The molecule has 0 unspecified atom stereocenters. The van der Waals surface area contributed by atoms with Crippen LogP contribution in [0.2, 0.25) is 0 Å². The third-order valence-electron chi connectivity index (χ3n) is 1.36. The van der Waals surface area contributed by atoms with E-state index >= 15 is 0 Å². The number of ether oxygens (including phenoxy) is 1. The molecule has 0 aliphatic carbocycles. The summed E-state index contributed by atoms with van der Waals surface area (Å²) in [5.41, 5.74) is 0. The van der Waals surface area contributed by atoms with Crippen LogP contribution in [0.3, 0.4) is 0 Å². The van der Waals surface area contributed by atoms with Crippen LogP contribution >= 0.6 is 0 Å². The van der Waals surface area contributed by atoms with E-state index in [2.05, 4.69) is 10.3 Å². The molecule has 0 aliphatic heterocycles. The summed E-state index contributed by atoms with van der Waals surface area (Å²) >= 11 is 0. The van der Waals surface area contributed by atoms with Crippen LogP contribution in [0.5, 0.6) is 5.75 Å². The first kappa shape index (κ1) is 12.8. The Morgan fingerprint density at radius 1 is 1.36 bits per heavy atom. The highest BCUT2D eigenvalue weighted by molar-refractivity contribution is 5.39. The lowest BCUT2D eigenvalue weighted by molar-refractivity contribution is 0.242. The first-order valence-electron chi connectivity index (χ1n) is 5.03. The van der Waals surface area contributed by atoms with Gasteiger partial charge in [0.2, 0.25) is 0 Å². The van der Waals surface area contributed by atoms with Gasteiger partial charge in [0, 0.05) is 19.3 Å². The number of rotatable bonds is 3. The van der Waals surface area contributed by atoms with Crippen molar-refractivity contribution in [1.82, 2.24) is 4.98 Å². The number of pyridine rings is 1.